The summed E-state index contributed by atoms with van der Waals surface area (Å²) in [6, 6.07) is 5.58. The Morgan fingerprint density at radius 1 is 1.28 bits per heavy atom. The van der Waals surface area contributed by atoms with Crippen molar-refractivity contribution in [3.63, 3.8) is 0 Å². The van der Waals surface area contributed by atoms with Gasteiger partial charge in [-0.2, -0.15) is 0 Å². The van der Waals surface area contributed by atoms with E-state index in [1.54, 1.807) is 27.0 Å². The van der Waals surface area contributed by atoms with Crippen molar-refractivity contribution >= 4 is 5.97 Å². The Labute approximate surface area is 108 Å². The lowest BCUT2D eigenvalue weighted by Crippen LogP contribution is -2.18. The third-order valence-corrected chi connectivity index (χ3v) is 2.47. The summed E-state index contributed by atoms with van der Waals surface area (Å²) in [5.41, 5.74) is 6.81. The molecule has 18 heavy (non-hydrogen) atoms. The lowest BCUT2D eigenvalue weighted by Gasteiger charge is -2.13. The summed E-state index contributed by atoms with van der Waals surface area (Å²) < 4.78 is 10.5. The van der Waals surface area contributed by atoms with Crippen molar-refractivity contribution in [1.82, 2.24) is 0 Å². The zero-order valence-corrected chi connectivity index (χ0v) is 11.4. The van der Waals surface area contributed by atoms with Gasteiger partial charge in [0.05, 0.1) is 13.0 Å². The summed E-state index contributed by atoms with van der Waals surface area (Å²) in [6.07, 6.45) is 0.759. The average Bonchev–Trinajstić information content (AvgIpc) is 2.30. The van der Waals surface area contributed by atoms with Crippen molar-refractivity contribution in [3.8, 4) is 11.5 Å². The molecular formula is C14H21NO3. The molecular weight excluding hydrogens is 230 g/mol. The molecule has 100 valence electrons. The number of nitrogens with two attached hydrogens (primary N) is 1. The number of ether oxygens (including phenoxy) is 2. The lowest BCUT2D eigenvalue weighted by molar-refractivity contribution is -0.137. The van der Waals surface area contributed by atoms with E-state index in [0.29, 0.717) is 11.5 Å². The number of esters is 1. The van der Waals surface area contributed by atoms with Crippen molar-refractivity contribution in [3.05, 3.63) is 23.8 Å². The minimum atomic E-state index is -0.270. The van der Waals surface area contributed by atoms with Crippen LogP contribution in [0, 0.1) is 5.92 Å². The molecule has 1 aromatic rings. The highest BCUT2D eigenvalue weighted by atomic mass is 16.6. The second-order valence-electron chi connectivity index (χ2n) is 4.74. The number of carbonyl (C=O) groups is 1. The molecule has 1 aromatic carbocycles. The lowest BCUT2D eigenvalue weighted by atomic mass is 10.1. The van der Waals surface area contributed by atoms with Gasteiger partial charge in [-0.05, 0) is 31.0 Å². The molecule has 0 aliphatic heterocycles. The molecule has 1 atom stereocenters. The number of rotatable bonds is 5. The fraction of sp³-hybridized carbons (Fsp3) is 0.500. The molecule has 1 unspecified atom stereocenters. The van der Waals surface area contributed by atoms with Gasteiger partial charge in [0.25, 0.3) is 0 Å². The maximum absolute atomic E-state index is 11.5. The molecule has 0 aliphatic rings. The van der Waals surface area contributed by atoms with Crippen LogP contribution in [-0.2, 0) is 11.2 Å². The van der Waals surface area contributed by atoms with Gasteiger partial charge in [0, 0.05) is 6.04 Å². The van der Waals surface area contributed by atoms with Gasteiger partial charge in [0.2, 0.25) is 0 Å². The van der Waals surface area contributed by atoms with Crippen LogP contribution in [0.3, 0.4) is 0 Å². The zero-order valence-electron chi connectivity index (χ0n) is 11.4. The maximum Gasteiger partial charge on any atom is 0.313 e. The van der Waals surface area contributed by atoms with Crippen LogP contribution in [0.5, 0.6) is 11.5 Å². The van der Waals surface area contributed by atoms with E-state index in [0.717, 1.165) is 12.0 Å². The van der Waals surface area contributed by atoms with Crippen LogP contribution < -0.4 is 15.2 Å². The molecule has 4 nitrogen and oxygen atoms in total. The van der Waals surface area contributed by atoms with Gasteiger partial charge in [0.15, 0.2) is 11.5 Å². The molecule has 0 saturated carbocycles. The van der Waals surface area contributed by atoms with Crippen LogP contribution in [-0.4, -0.2) is 19.1 Å². The second kappa shape index (κ2) is 6.40. The summed E-state index contributed by atoms with van der Waals surface area (Å²) in [7, 11) is 1.55. The van der Waals surface area contributed by atoms with Crippen LogP contribution in [0.15, 0.2) is 18.2 Å². The van der Waals surface area contributed by atoms with Crippen LogP contribution in [0.1, 0.15) is 26.3 Å². The van der Waals surface area contributed by atoms with Gasteiger partial charge in [-0.3, -0.25) is 4.79 Å². The highest BCUT2D eigenvalue weighted by Gasteiger charge is 2.14. The van der Waals surface area contributed by atoms with E-state index >= 15 is 0 Å². The SMILES string of the molecule is COc1cc(CC(C)N)ccc1OC(=O)C(C)C. The molecule has 0 heterocycles. The van der Waals surface area contributed by atoms with Gasteiger partial charge in [-0.1, -0.05) is 19.9 Å². The van der Waals surface area contributed by atoms with E-state index in [9.17, 15) is 4.79 Å². The van der Waals surface area contributed by atoms with Crippen LogP contribution in [0.4, 0.5) is 0 Å². The van der Waals surface area contributed by atoms with Crippen molar-refractivity contribution in [2.45, 2.75) is 33.2 Å². The normalized spacial score (nSPS) is 12.3. The smallest absolute Gasteiger partial charge is 0.313 e. The van der Waals surface area contributed by atoms with E-state index in [1.165, 1.54) is 0 Å². The molecule has 0 radical (unpaired) electrons. The molecule has 0 saturated heterocycles. The predicted octanol–water partition coefficient (Wildman–Crippen LogP) is 2.15. The van der Waals surface area contributed by atoms with Crippen molar-refractivity contribution in [2.24, 2.45) is 11.7 Å². The van der Waals surface area contributed by atoms with Gasteiger partial charge in [-0.25, -0.2) is 0 Å². The minimum Gasteiger partial charge on any atom is -0.493 e. The summed E-state index contributed by atoms with van der Waals surface area (Å²) in [6.45, 7) is 5.53. The number of benzene rings is 1. The Morgan fingerprint density at radius 3 is 2.44 bits per heavy atom. The molecule has 0 bridgehead atoms. The van der Waals surface area contributed by atoms with Crippen LogP contribution in [0.25, 0.3) is 0 Å². The van der Waals surface area contributed by atoms with Gasteiger partial charge in [-0.15, -0.1) is 0 Å². The van der Waals surface area contributed by atoms with Crippen molar-refractivity contribution in [1.29, 1.82) is 0 Å². The summed E-state index contributed by atoms with van der Waals surface area (Å²) in [5, 5.41) is 0. The fourth-order valence-corrected chi connectivity index (χ4v) is 1.52. The first kappa shape index (κ1) is 14.5. The Hall–Kier alpha value is -1.55. The number of carbonyl (C=O) groups excluding carboxylic acids is 1. The first-order valence-corrected chi connectivity index (χ1v) is 6.08. The standard InChI is InChI=1S/C14H21NO3/c1-9(2)14(16)18-12-6-5-11(7-10(3)15)8-13(12)17-4/h5-6,8-10H,7,15H2,1-4H3. The topological polar surface area (TPSA) is 61.6 Å². The van der Waals surface area contributed by atoms with Gasteiger partial charge < -0.3 is 15.2 Å². The molecule has 2 N–H and O–H groups in total. The quantitative estimate of drug-likeness (QED) is 0.643. The first-order chi connectivity index (χ1) is 8.43. The van der Waals surface area contributed by atoms with E-state index < -0.39 is 0 Å². The molecule has 0 fully saturated rings. The Bertz CT molecular complexity index is 414. The third kappa shape index (κ3) is 4.04. The Morgan fingerprint density at radius 2 is 1.94 bits per heavy atom. The summed E-state index contributed by atoms with van der Waals surface area (Å²) in [5.74, 6) is 0.568. The monoisotopic (exact) mass is 251 g/mol. The summed E-state index contributed by atoms with van der Waals surface area (Å²) in [4.78, 5) is 11.5. The highest BCUT2D eigenvalue weighted by molar-refractivity contribution is 5.75. The van der Waals surface area contributed by atoms with Gasteiger partial charge >= 0.3 is 5.97 Å². The Balaban J connectivity index is 2.89. The van der Waals surface area contributed by atoms with Gasteiger partial charge in [0.1, 0.15) is 0 Å². The van der Waals surface area contributed by atoms with E-state index in [-0.39, 0.29) is 17.9 Å². The summed E-state index contributed by atoms with van der Waals surface area (Å²) >= 11 is 0. The Kier molecular flexibility index (Phi) is 5.16. The molecule has 0 spiro atoms. The maximum atomic E-state index is 11.5. The van der Waals surface area contributed by atoms with Crippen molar-refractivity contribution in [2.75, 3.05) is 7.11 Å². The first-order valence-electron chi connectivity index (χ1n) is 6.08. The number of methoxy groups -OCH3 is 1. The second-order valence-corrected chi connectivity index (χ2v) is 4.74. The third-order valence-electron chi connectivity index (χ3n) is 2.47. The van der Waals surface area contributed by atoms with E-state index in [1.807, 2.05) is 19.1 Å². The zero-order chi connectivity index (χ0) is 13.7. The predicted molar refractivity (Wildman–Crippen MR) is 70.8 cm³/mol. The molecule has 4 heteroatoms. The molecule has 0 aromatic heterocycles. The number of hydrogen-bond acceptors (Lipinski definition) is 4. The minimum absolute atomic E-state index is 0.0822. The molecule has 0 aliphatic carbocycles. The molecule has 0 amide bonds. The van der Waals surface area contributed by atoms with Crippen molar-refractivity contribution < 1.29 is 14.3 Å². The number of hydrogen-bond donors (Lipinski definition) is 1. The highest BCUT2D eigenvalue weighted by Crippen LogP contribution is 2.29. The fourth-order valence-electron chi connectivity index (χ4n) is 1.52. The van der Waals surface area contributed by atoms with Crippen LogP contribution in [0.2, 0.25) is 0 Å². The largest absolute Gasteiger partial charge is 0.493 e. The van der Waals surface area contributed by atoms with E-state index in [2.05, 4.69) is 0 Å². The van der Waals surface area contributed by atoms with E-state index in [4.69, 9.17) is 15.2 Å². The average molecular weight is 251 g/mol. The van der Waals surface area contributed by atoms with Crippen LogP contribution >= 0.6 is 0 Å². The molecule has 1 rings (SSSR count).